The standard InChI is InChI=1S/C19H17NO2S2/c1-13(2)24(22)17-9-7-15(8-10-17)18-11-20-19(23-18)16-5-3-14(12-21)4-6-16/h3-13H,1-2H3. The predicted molar refractivity (Wildman–Crippen MR) is 99.9 cm³/mol. The van der Waals surface area contributed by atoms with E-state index in [4.69, 9.17) is 0 Å². The van der Waals surface area contributed by atoms with Crippen LogP contribution in [0.4, 0.5) is 0 Å². The summed E-state index contributed by atoms with van der Waals surface area (Å²) in [7, 11) is -0.968. The largest absolute Gasteiger partial charge is 0.298 e. The van der Waals surface area contributed by atoms with E-state index in [1.54, 1.807) is 23.5 Å². The van der Waals surface area contributed by atoms with Crippen molar-refractivity contribution in [1.29, 1.82) is 0 Å². The third-order valence-corrected chi connectivity index (χ3v) is 6.29. The summed E-state index contributed by atoms with van der Waals surface area (Å²) >= 11 is 1.60. The van der Waals surface area contributed by atoms with Gasteiger partial charge in [-0.1, -0.05) is 50.2 Å². The van der Waals surface area contributed by atoms with Crippen molar-refractivity contribution >= 4 is 28.4 Å². The summed E-state index contributed by atoms with van der Waals surface area (Å²) in [6, 6.07) is 15.2. The Kier molecular flexibility index (Phi) is 5.02. The van der Waals surface area contributed by atoms with Gasteiger partial charge in [-0.15, -0.1) is 11.3 Å². The molecule has 0 saturated heterocycles. The van der Waals surface area contributed by atoms with Crippen LogP contribution in [0, 0.1) is 0 Å². The van der Waals surface area contributed by atoms with Crippen LogP contribution in [0.3, 0.4) is 0 Å². The van der Waals surface area contributed by atoms with Crippen molar-refractivity contribution in [1.82, 2.24) is 4.98 Å². The van der Waals surface area contributed by atoms with Crippen LogP contribution >= 0.6 is 11.3 Å². The highest BCUT2D eigenvalue weighted by atomic mass is 32.2. The number of benzene rings is 2. The molecule has 2 aromatic carbocycles. The second-order valence-corrected chi connectivity index (χ2v) is 8.68. The minimum Gasteiger partial charge on any atom is -0.298 e. The van der Waals surface area contributed by atoms with Crippen molar-refractivity contribution in [3.8, 4) is 21.0 Å². The summed E-state index contributed by atoms with van der Waals surface area (Å²) in [5, 5.41) is 1.03. The minimum absolute atomic E-state index is 0.111. The quantitative estimate of drug-likeness (QED) is 0.617. The van der Waals surface area contributed by atoms with Gasteiger partial charge < -0.3 is 0 Å². The first-order valence-corrected chi connectivity index (χ1v) is 9.64. The van der Waals surface area contributed by atoms with E-state index in [0.29, 0.717) is 5.56 Å². The Hall–Kier alpha value is -2.11. The third kappa shape index (κ3) is 3.52. The normalized spacial score (nSPS) is 12.3. The van der Waals surface area contributed by atoms with Crippen molar-refractivity contribution in [2.75, 3.05) is 0 Å². The molecule has 5 heteroatoms. The van der Waals surface area contributed by atoms with Crippen molar-refractivity contribution in [2.24, 2.45) is 0 Å². The second kappa shape index (κ2) is 7.20. The van der Waals surface area contributed by atoms with Gasteiger partial charge in [0.1, 0.15) is 11.3 Å². The van der Waals surface area contributed by atoms with Crippen LogP contribution in [-0.4, -0.2) is 20.7 Å². The Morgan fingerprint density at radius 3 is 2.21 bits per heavy atom. The van der Waals surface area contributed by atoms with Crippen LogP contribution in [0.2, 0.25) is 0 Å². The molecular formula is C19H17NO2S2. The van der Waals surface area contributed by atoms with Crippen LogP contribution in [0.15, 0.2) is 59.6 Å². The molecule has 0 aliphatic rings. The number of hydrogen-bond acceptors (Lipinski definition) is 4. The van der Waals surface area contributed by atoms with E-state index >= 15 is 0 Å². The zero-order valence-corrected chi connectivity index (χ0v) is 15.1. The van der Waals surface area contributed by atoms with Gasteiger partial charge in [0, 0.05) is 27.5 Å². The first-order valence-electron chi connectivity index (χ1n) is 7.61. The molecule has 122 valence electrons. The van der Waals surface area contributed by atoms with Crippen molar-refractivity contribution in [3.05, 3.63) is 60.3 Å². The lowest BCUT2D eigenvalue weighted by Gasteiger charge is -2.05. The van der Waals surface area contributed by atoms with E-state index in [-0.39, 0.29) is 5.25 Å². The molecule has 1 heterocycles. The van der Waals surface area contributed by atoms with Gasteiger partial charge in [0.2, 0.25) is 0 Å². The number of aromatic nitrogens is 1. The molecule has 0 bridgehead atoms. The summed E-state index contributed by atoms with van der Waals surface area (Å²) in [5.41, 5.74) is 2.71. The molecule has 0 saturated carbocycles. The van der Waals surface area contributed by atoms with Crippen LogP contribution in [0.1, 0.15) is 24.2 Å². The molecule has 3 rings (SSSR count). The molecule has 0 aliphatic heterocycles. The molecule has 0 N–H and O–H groups in total. The molecule has 0 aliphatic carbocycles. The number of thiazole rings is 1. The molecular weight excluding hydrogens is 338 g/mol. The van der Waals surface area contributed by atoms with Gasteiger partial charge in [0.25, 0.3) is 0 Å². The first kappa shape index (κ1) is 16.7. The molecule has 1 unspecified atom stereocenters. The van der Waals surface area contributed by atoms with Crippen LogP contribution in [0.5, 0.6) is 0 Å². The van der Waals surface area contributed by atoms with Crippen LogP contribution in [-0.2, 0) is 10.8 Å². The van der Waals surface area contributed by atoms with E-state index in [9.17, 15) is 9.00 Å². The highest BCUT2D eigenvalue weighted by Gasteiger charge is 2.10. The maximum atomic E-state index is 12.1. The fraction of sp³-hybridized carbons (Fsp3) is 0.158. The summed E-state index contributed by atoms with van der Waals surface area (Å²) in [4.78, 5) is 17.1. The van der Waals surface area contributed by atoms with Crippen molar-refractivity contribution in [2.45, 2.75) is 24.0 Å². The van der Waals surface area contributed by atoms with Crippen LogP contribution < -0.4 is 0 Å². The summed E-state index contributed by atoms with van der Waals surface area (Å²) in [6.07, 6.45) is 2.68. The SMILES string of the molecule is CC(C)S(=O)c1ccc(-c2cnc(-c3ccc(C=O)cc3)s2)cc1. The summed E-state index contributed by atoms with van der Waals surface area (Å²) < 4.78 is 12.1. The monoisotopic (exact) mass is 355 g/mol. The Balaban J connectivity index is 1.84. The summed E-state index contributed by atoms with van der Waals surface area (Å²) in [5.74, 6) is 0. The molecule has 0 radical (unpaired) electrons. The minimum atomic E-state index is -0.968. The van der Waals surface area contributed by atoms with E-state index in [1.165, 1.54) is 0 Å². The Bertz CT molecular complexity index is 865. The number of hydrogen-bond donors (Lipinski definition) is 0. The van der Waals surface area contributed by atoms with E-state index in [0.717, 1.165) is 32.2 Å². The fourth-order valence-corrected chi connectivity index (χ4v) is 4.15. The second-order valence-electron chi connectivity index (χ2n) is 5.64. The smallest absolute Gasteiger partial charge is 0.150 e. The van der Waals surface area contributed by atoms with E-state index < -0.39 is 10.8 Å². The maximum Gasteiger partial charge on any atom is 0.150 e. The van der Waals surface area contributed by atoms with E-state index in [2.05, 4.69) is 4.98 Å². The highest BCUT2D eigenvalue weighted by molar-refractivity contribution is 7.85. The van der Waals surface area contributed by atoms with Gasteiger partial charge in [-0.05, 0) is 17.7 Å². The average Bonchev–Trinajstić information content (AvgIpc) is 3.11. The first-order chi connectivity index (χ1) is 11.6. The predicted octanol–water partition coefficient (Wildman–Crippen LogP) is 4.81. The molecule has 0 fully saturated rings. The Morgan fingerprint density at radius 1 is 1.00 bits per heavy atom. The van der Waals surface area contributed by atoms with Crippen LogP contribution in [0.25, 0.3) is 21.0 Å². The molecule has 0 spiro atoms. The van der Waals surface area contributed by atoms with Gasteiger partial charge in [0.05, 0.1) is 15.7 Å². The molecule has 1 atom stereocenters. The number of aldehydes is 1. The van der Waals surface area contributed by atoms with Gasteiger partial charge in [-0.25, -0.2) is 4.98 Å². The lowest BCUT2D eigenvalue weighted by atomic mass is 10.1. The van der Waals surface area contributed by atoms with Crippen molar-refractivity contribution < 1.29 is 9.00 Å². The molecule has 24 heavy (non-hydrogen) atoms. The Labute approximate surface area is 147 Å². The van der Waals surface area contributed by atoms with E-state index in [1.807, 2.05) is 56.4 Å². The Morgan fingerprint density at radius 2 is 1.62 bits per heavy atom. The zero-order chi connectivity index (χ0) is 17.1. The third-order valence-electron chi connectivity index (χ3n) is 3.60. The topological polar surface area (TPSA) is 47.0 Å². The number of rotatable bonds is 5. The zero-order valence-electron chi connectivity index (χ0n) is 13.4. The van der Waals surface area contributed by atoms with Gasteiger partial charge in [-0.2, -0.15) is 0 Å². The van der Waals surface area contributed by atoms with Gasteiger partial charge in [-0.3, -0.25) is 9.00 Å². The van der Waals surface area contributed by atoms with Gasteiger partial charge >= 0.3 is 0 Å². The lowest BCUT2D eigenvalue weighted by molar-refractivity contribution is 0.112. The average molecular weight is 355 g/mol. The van der Waals surface area contributed by atoms with Crippen molar-refractivity contribution in [3.63, 3.8) is 0 Å². The summed E-state index contributed by atoms with van der Waals surface area (Å²) in [6.45, 7) is 3.91. The molecule has 3 nitrogen and oxygen atoms in total. The highest BCUT2D eigenvalue weighted by Crippen LogP contribution is 2.32. The molecule has 1 aromatic heterocycles. The lowest BCUT2D eigenvalue weighted by Crippen LogP contribution is -2.05. The molecule has 3 aromatic rings. The fourth-order valence-electron chi connectivity index (χ4n) is 2.27. The number of nitrogens with zero attached hydrogens (tertiary/aromatic N) is 1. The maximum absolute atomic E-state index is 12.1. The molecule has 0 amide bonds. The van der Waals surface area contributed by atoms with Gasteiger partial charge in [0.15, 0.2) is 0 Å². The number of carbonyl (C=O) groups is 1. The number of carbonyl (C=O) groups excluding carboxylic acids is 1.